The molecule has 0 aromatic heterocycles. The highest BCUT2D eigenvalue weighted by Gasteiger charge is 2.30. The summed E-state index contributed by atoms with van der Waals surface area (Å²) in [5, 5.41) is 3.42. The van der Waals surface area contributed by atoms with Crippen LogP contribution in [0.1, 0.15) is 52.4 Å². The molecule has 0 aromatic carbocycles. The third-order valence-electron chi connectivity index (χ3n) is 3.35. The van der Waals surface area contributed by atoms with E-state index in [-0.39, 0.29) is 0 Å². The van der Waals surface area contributed by atoms with Crippen LogP contribution < -0.4 is 11.1 Å². The zero-order valence-electron chi connectivity index (χ0n) is 13.9. The molecule has 0 radical (unpaired) electrons. The molecule has 0 heterocycles. The first-order valence-electron chi connectivity index (χ1n) is 8.37. The van der Waals surface area contributed by atoms with Crippen LogP contribution in [0.4, 0.5) is 0 Å². The first-order valence-corrected chi connectivity index (χ1v) is 10.9. The van der Waals surface area contributed by atoms with E-state index >= 15 is 0 Å². The van der Waals surface area contributed by atoms with Gasteiger partial charge in [-0.1, -0.05) is 26.7 Å². The van der Waals surface area contributed by atoms with Crippen LogP contribution in [-0.4, -0.2) is 41.4 Å². The van der Waals surface area contributed by atoms with E-state index in [0.29, 0.717) is 0 Å². The maximum Gasteiger partial charge on any atom is 0.334 e. The summed E-state index contributed by atoms with van der Waals surface area (Å²) in [6, 6.07) is 1.08. The Bertz CT molecular complexity index is 196. The van der Waals surface area contributed by atoms with E-state index in [1.54, 1.807) is 0 Å². The van der Waals surface area contributed by atoms with Gasteiger partial charge in [0.1, 0.15) is 0 Å². The van der Waals surface area contributed by atoms with Crippen molar-refractivity contribution in [3.05, 3.63) is 0 Å². The summed E-state index contributed by atoms with van der Waals surface area (Å²) >= 11 is 0. The van der Waals surface area contributed by atoms with Gasteiger partial charge in [0.25, 0.3) is 0 Å². The highest BCUT2D eigenvalue weighted by molar-refractivity contribution is 6.66. The molecule has 0 bridgehead atoms. The summed E-state index contributed by atoms with van der Waals surface area (Å²) in [4.78, 5) is 0. The fraction of sp³-hybridized carbons (Fsp3) is 1.00. The molecule has 0 amide bonds. The first-order chi connectivity index (χ1) is 9.68. The van der Waals surface area contributed by atoms with Gasteiger partial charge in [-0.3, -0.25) is 0 Å². The minimum Gasteiger partial charge on any atom is -0.394 e. The molecule has 3 N–H and O–H groups in total. The number of rotatable bonds is 15. The molecule has 0 saturated carbocycles. The molecule has 4 nitrogen and oxygen atoms in total. The Hall–Kier alpha value is 0.0569. The van der Waals surface area contributed by atoms with Crippen LogP contribution in [0.5, 0.6) is 0 Å². The van der Waals surface area contributed by atoms with Crippen LogP contribution in [0, 0.1) is 0 Å². The third kappa shape index (κ3) is 11.8. The Balaban J connectivity index is 3.89. The van der Waals surface area contributed by atoms with Gasteiger partial charge >= 0.3 is 8.56 Å². The molecule has 122 valence electrons. The van der Waals surface area contributed by atoms with Crippen molar-refractivity contribution in [2.75, 3.05) is 32.8 Å². The largest absolute Gasteiger partial charge is 0.394 e. The van der Waals surface area contributed by atoms with Crippen LogP contribution in [0.25, 0.3) is 0 Å². The molecule has 0 aliphatic carbocycles. The predicted octanol–water partition coefficient (Wildman–Crippen LogP) is 3.02. The molecule has 0 rings (SSSR count). The van der Waals surface area contributed by atoms with E-state index in [2.05, 4.69) is 25.7 Å². The average Bonchev–Trinajstić information content (AvgIpc) is 2.43. The van der Waals surface area contributed by atoms with Gasteiger partial charge in [0.15, 0.2) is 0 Å². The van der Waals surface area contributed by atoms with Crippen molar-refractivity contribution < 1.29 is 8.85 Å². The molecule has 0 aliphatic heterocycles. The predicted molar refractivity (Wildman–Crippen MR) is 89.3 cm³/mol. The lowest BCUT2D eigenvalue weighted by Gasteiger charge is -2.27. The van der Waals surface area contributed by atoms with Gasteiger partial charge in [-0.15, -0.1) is 0 Å². The summed E-state index contributed by atoms with van der Waals surface area (Å²) < 4.78 is 12.2. The van der Waals surface area contributed by atoms with E-state index in [0.717, 1.165) is 64.6 Å². The van der Waals surface area contributed by atoms with Gasteiger partial charge < -0.3 is 19.9 Å². The fourth-order valence-corrected chi connectivity index (χ4v) is 4.28. The van der Waals surface area contributed by atoms with Crippen LogP contribution in [-0.2, 0) is 8.85 Å². The van der Waals surface area contributed by atoms with Crippen LogP contribution in [0.2, 0.25) is 12.6 Å². The second-order valence-corrected chi connectivity index (χ2v) is 8.88. The standard InChI is InChI=1S/C15H36N2O2Si/c1-4-6-13-18-20(3,19-14-7-5-2)15-9-12-17-11-8-10-16/h17H,4-16H2,1-3H3. The van der Waals surface area contributed by atoms with Crippen molar-refractivity contribution in [2.24, 2.45) is 5.73 Å². The minimum absolute atomic E-state index is 0.764. The zero-order valence-corrected chi connectivity index (χ0v) is 14.9. The van der Waals surface area contributed by atoms with Gasteiger partial charge in [-0.25, -0.2) is 0 Å². The van der Waals surface area contributed by atoms with Crippen molar-refractivity contribution >= 4 is 8.56 Å². The molecule has 0 spiro atoms. The number of nitrogens with one attached hydrogen (secondary N) is 1. The highest BCUT2D eigenvalue weighted by atomic mass is 28.4. The van der Waals surface area contributed by atoms with E-state index < -0.39 is 8.56 Å². The SMILES string of the molecule is CCCCO[Si](C)(CCCNCCCN)OCCCC. The summed E-state index contributed by atoms with van der Waals surface area (Å²) in [6.45, 7) is 11.1. The maximum absolute atomic E-state index is 6.11. The van der Waals surface area contributed by atoms with Crippen LogP contribution in [0.3, 0.4) is 0 Å². The van der Waals surface area contributed by atoms with Crippen LogP contribution in [0.15, 0.2) is 0 Å². The monoisotopic (exact) mass is 304 g/mol. The summed E-state index contributed by atoms with van der Waals surface area (Å²) in [7, 11) is -1.96. The summed E-state index contributed by atoms with van der Waals surface area (Å²) in [5.74, 6) is 0. The van der Waals surface area contributed by atoms with Gasteiger partial charge in [0.2, 0.25) is 0 Å². The topological polar surface area (TPSA) is 56.5 Å². The van der Waals surface area contributed by atoms with E-state index in [1.165, 1.54) is 12.8 Å². The minimum atomic E-state index is -1.96. The quantitative estimate of drug-likeness (QED) is 0.361. The Morgan fingerprint density at radius 3 is 1.95 bits per heavy atom. The number of unbranched alkanes of at least 4 members (excludes halogenated alkanes) is 2. The average molecular weight is 305 g/mol. The number of hydrogen-bond acceptors (Lipinski definition) is 4. The lowest BCUT2D eigenvalue weighted by Crippen LogP contribution is -2.40. The van der Waals surface area contributed by atoms with Crippen molar-refractivity contribution in [3.8, 4) is 0 Å². The molecule has 0 atom stereocenters. The second-order valence-electron chi connectivity index (χ2n) is 5.53. The Labute approximate surface area is 127 Å². The van der Waals surface area contributed by atoms with Crippen LogP contribution >= 0.6 is 0 Å². The number of nitrogens with two attached hydrogens (primary N) is 1. The molecule has 0 aromatic rings. The summed E-state index contributed by atoms with van der Waals surface area (Å²) in [5.41, 5.74) is 5.48. The summed E-state index contributed by atoms with van der Waals surface area (Å²) in [6.07, 6.45) is 6.81. The van der Waals surface area contributed by atoms with Gasteiger partial charge in [-0.2, -0.15) is 0 Å². The molecular weight excluding hydrogens is 268 g/mol. The molecule has 5 heteroatoms. The maximum atomic E-state index is 6.11. The van der Waals surface area contributed by atoms with Crippen molar-refractivity contribution in [2.45, 2.75) is 65.0 Å². The van der Waals surface area contributed by atoms with Crippen molar-refractivity contribution in [1.82, 2.24) is 5.32 Å². The molecule has 20 heavy (non-hydrogen) atoms. The van der Waals surface area contributed by atoms with Gasteiger partial charge in [0, 0.05) is 13.2 Å². The lowest BCUT2D eigenvalue weighted by molar-refractivity contribution is 0.168. The van der Waals surface area contributed by atoms with Crippen molar-refractivity contribution in [1.29, 1.82) is 0 Å². The molecule has 0 fully saturated rings. The zero-order chi connectivity index (χ0) is 15.1. The molecular formula is C15H36N2O2Si. The van der Waals surface area contributed by atoms with Gasteiger partial charge in [-0.05, 0) is 57.9 Å². The molecule has 0 aliphatic rings. The second kappa shape index (κ2) is 14.0. The Morgan fingerprint density at radius 1 is 0.900 bits per heavy atom. The molecule has 0 unspecified atom stereocenters. The fourth-order valence-electron chi connectivity index (χ4n) is 1.94. The van der Waals surface area contributed by atoms with E-state index in [9.17, 15) is 0 Å². The highest BCUT2D eigenvalue weighted by Crippen LogP contribution is 2.17. The van der Waals surface area contributed by atoms with Crippen molar-refractivity contribution in [3.63, 3.8) is 0 Å². The third-order valence-corrected chi connectivity index (χ3v) is 6.24. The van der Waals surface area contributed by atoms with E-state index in [4.69, 9.17) is 14.6 Å². The van der Waals surface area contributed by atoms with E-state index in [1.807, 2.05) is 0 Å². The Kier molecular flexibility index (Phi) is 14.1. The molecule has 0 saturated heterocycles. The Morgan fingerprint density at radius 2 is 1.45 bits per heavy atom. The lowest BCUT2D eigenvalue weighted by atomic mass is 10.4. The normalized spacial score (nSPS) is 12.0. The first kappa shape index (κ1) is 20.1. The van der Waals surface area contributed by atoms with Gasteiger partial charge in [0.05, 0.1) is 0 Å². The number of hydrogen-bond donors (Lipinski definition) is 2. The smallest absolute Gasteiger partial charge is 0.334 e.